The number of allylic oxidation sites excluding steroid dienone is 1. The lowest BCUT2D eigenvalue weighted by Crippen LogP contribution is -2.56. The molecule has 2 heteroatoms. The number of carbonyl (C=O) groups excluding carboxylic acids is 1. The summed E-state index contributed by atoms with van der Waals surface area (Å²) < 4.78 is 6.69. The highest BCUT2D eigenvalue weighted by Gasteiger charge is 2.78. The zero-order chi connectivity index (χ0) is 17.7. The number of rotatable bonds is 1. The van der Waals surface area contributed by atoms with E-state index in [0.29, 0.717) is 17.1 Å². The third-order valence-corrected chi connectivity index (χ3v) is 10.2. The van der Waals surface area contributed by atoms with Gasteiger partial charge in [-0.3, -0.25) is 4.79 Å². The van der Waals surface area contributed by atoms with E-state index in [9.17, 15) is 4.79 Å². The summed E-state index contributed by atoms with van der Waals surface area (Å²) in [5.41, 5.74) is 2.26. The number of ether oxygens (including phenoxy) is 1. The molecule has 26 heavy (non-hydrogen) atoms. The predicted octanol–water partition coefficient (Wildman–Crippen LogP) is 5.17. The van der Waals surface area contributed by atoms with Crippen LogP contribution in [0.4, 0.5) is 0 Å². The average Bonchev–Trinajstić information content (AvgIpc) is 3.21. The summed E-state index contributed by atoms with van der Waals surface area (Å²) in [6.45, 7) is 5.90. The molecular formula is C24H34O2. The Labute approximate surface area is 158 Å². The molecule has 5 aliphatic carbocycles. The van der Waals surface area contributed by atoms with Gasteiger partial charge in [0.1, 0.15) is 0 Å². The topological polar surface area (TPSA) is 26.3 Å². The number of ketones is 1. The van der Waals surface area contributed by atoms with Crippen LogP contribution in [0, 0.1) is 46.8 Å². The molecular weight excluding hydrogens is 320 g/mol. The molecule has 0 aromatic carbocycles. The Morgan fingerprint density at radius 2 is 2.04 bits per heavy atom. The van der Waals surface area contributed by atoms with Crippen LogP contribution in [0.5, 0.6) is 0 Å². The first-order valence-electron chi connectivity index (χ1n) is 11.5. The van der Waals surface area contributed by atoms with E-state index in [1.165, 1.54) is 50.5 Å². The quantitative estimate of drug-likeness (QED) is 0.649. The summed E-state index contributed by atoms with van der Waals surface area (Å²) in [7, 11) is 0. The van der Waals surface area contributed by atoms with Crippen molar-refractivity contribution in [1.29, 1.82) is 0 Å². The molecule has 2 nitrogen and oxygen atoms in total. The lowest BCUT2D eigenvalue weighted by Gasteiger charge is -2.59. The molecule has 5 unspecified atom stereocenters. The van der Waals surface area contributed by atoms with E-state index in [-0.39, 0.29) is 5.60 Å². The van der Waals surface area contributed by atoms with Crippen molar-refractivity contribution < 1.29 is 9.53 Å². The van der Waals surface area contributed by atoms with Crippen LogP contribution in [0.3, 0.4) is 0 Å². The second-order valence-electron chi connectivity index (χ2n) is 10.6. The molecule has 1 heterocycles. The molecule has 0 amide bonds. The second kappa shape index (κ2) is 5.25. The fourth-order valence-electron chi connectivity index (χ4n) is 9.44. The predicted molar refractivity (Wildman–Crippen MR) is 102 cm³/mol. The van der Waals surface area contributed by atoms with Crippen LogP contribution < -0.4 is 0 Å². The Bertz CT molecular complexity index is 672. The van der Waals surface area contributed by atoms with Crippen LogP contribution in [0.15, 0.2) is 11.6 Å². The average molecular weight is 355 g/mol. The van der Waals surface area contributed by atoms with Crippen molar-refractivity contribution in [2.75, 3.05) is 6.61 Å². The van der Waals surface area contributed by atoms with Gasteiger partial charge >= 0.3 is 0 Å². The molecule has 0 N–H and O–H groups in total. The van der Waals surface area contributed by atoms with Gasteiger partial charge in [-0.2, -0.15) is 0 Å². The largest absolute Gasteiger partial charge is 0.374 e. The molecule has 6 rings (SSSR count). The van der Waals surface area contributed by atoms with Crippen LogP contribution in [-0.2, 0) is 9.53 Å². The summed E-state index contributed by atoms with van der Waals surface area (Å²) in [5.74, 6) is 6.24. The van der Waals surface area contributed by atoms with Gasteiger partial charge < -0.3 is 4.74 Å². The molecule has 0 radical (unpaired) electrons. The van der Waals surface area contributed by atoms with Crippen LogP contribution >= 0.6 is 0 Å². The maximum Gasteiger partial charge on any atom is 0.155 e. The summed E-state index contributed by atoms with van der Waals surface area (Å²) in [4.78, 5) is 12.0. The highest BCUT2D eigenvalue weighted by molar-refractivity contribution is 5.91. The lowest BCUT2D eigenvalue weighted by atomic mass is 9.46. The van der Waals surface area contributed by atoms with Crippen LogP contribution in [0.1, 0.15) is 71.6 Å². The molecule has 0 aromatic rings. The minimum absolute atomic E-state index is 0.254. The van der Waals surface area contributed by atoms with Gasteiger partial charge in [0.2, 0.25) is 0 Å². The molecule has 5 fully saturated rings. The van der Waals surface area contributed by atoms with Crippen molar-refractivity contribution >= 4 is 5.78 Å². The van der Waals surface area contributed by atoms with E-state index in [1.807, 2.05) is 0 Å². The van der Waals surface area contributed by atoms with Gasteiger partial charge in [0.25, 0.3) is 0 Å². The van der Waals surface area contributed by atoms with Crippen molar-refractivity contribution in [2.24, 2.45) is 46.8 Å². The minimum atomic E-state index is 0.254. The fraction of sp³-hybridized carbons (Fsp3) is 0.875. The first kappa shape index (κ1) is 16.3. The Balaban J connectivity index is 1.41. The Morgan fingerprint density at radius 1 is 1.15 bits per heavy atom. The molecule has 6 aliphatic rings. The molecule has 9 atom stereocenters. The lowest BCUT2D eigenvalue weighted by molar-refractivity contribution is -0.160. The summed E-state index contributed by atoms with van der Waals surface area (Å²) in [6, 6.07) is 0. The highest BCUT2D eigenvalue weighted by Crippen LogP contribution is 2.79. The van der Waals surface area contributed by atoms with Crippen LogP contribution in [-0.4, -0.2) is 18.0 Å². The molecule has 1 saturated heterocycles. The van der Waals surface area contributed by atoms with Gasteiger partial charge in [0.05, 0.1) is 5.60 Å². The third kappa shape index (κ3) is 1.77. The minimum Gasteiger partial charge on any atom is -0.374 e. The Kier molecular flexibility index (Phi) is 3.30. The molecule has 1 aliphatic heterocycles. The highest BCUT2D eigenvalue weighted by atomic mass is 16.5. The van der Waals surface area contributed by atoms with Crippen molar-refractivity contribution in [2.45, 2.75) is 77.2 Å². The van der Waals surface area contributed by atoms with Gasteiger partial charge in [-0.15, -0.1) is 0 Å². The van der Waals surface area contributed by atoms with E-state index >= 15 is 0 Å². The molecule has 0 bridgehead atoms. The monoisotopic (exact) mass is 354 g/mol. The zero-order valence-corrected chi connectivity index (χ0v) is 16.5. The number of carbonyl (C=O) groups is 1. The van der Waals surface area contributed by atoms with Gasteiger partial charge in [-0.25, -0.2) is 0 Å². The third-order valence-electron chi connectivity index (χ3n) is 10.2. The van der Waals surface area contributed by atoms with Gasteiger partial charge in [0.15, 0.2) is 5.78 Å². The van der Waals surface area contributed by atoms with E-state index in [2.05, 4.69) is 19.9 Å². The van der Waals surface area contributed by atoms with Crippen molar-refractivity contribution in [3.63, 3.8) is 0 Å². The SMILES string of the molecule is CC[C@]12CCC3C4CCC(=O)C=C4[C@@H](C)CC3C1[C@@H]1C[C@@H]1C21CCCO1. The zero-order valence-electron chi connectivity index (χ0n) is 16.5. The van der Waals surface area contributed by atoms with E-state index < -0.39 is 0 Å². The van der Waals surface area contributed by atoms with Gasteiger partial charge in [-0.1, -0.05) is 19.4 Å². The number of fused-ring (bicyclic) bond motifs is 9. The van der Waals surface area contributed by atoms with E-state index in [0.717, 1.165) is 55.0 Å². The molecule has 0 aromatic heterocycles. The van der Waals surface area contributed by atoms with Crippen molar-refractivity contribution in [1.82, 2.24) is 0 Å². The smallest absolute Gasteiger partial charge is 0.155 e. The van der Waals surface area contributed by atoms with E-state index in [1.54, 1.807) is 0 Å². The van der Waals surface area contributed by atoms with Crippen LogP contribution in [0.2, 0.25) is 0 Å². The second-order valence-corrected chi connectivity index (χ2v) is 10.6. The maximum atomic E-state index is 12.0. The molecule has 142 valence electrons. The molecule has 1 spiro atoms. The maximum absolute atomic E-state index is 12.0. The van der Waals surface area contributed by atoms with Gasteiger partial charge in [0, 0.05) is 18.4 Å². The number of hydrogen-bond acceptors (Lipinski definition) is 2. The Hall–Kier alpha value is -0.630. The van der Waals surface area contributed by atoms with Crippen LogP contribution in [0.25, 0.3) is 0 Å². The summed E-state index contributed by atoms with van der Waals surface area (Å²) >= 11 is 0. The summed E-state index contributed by atoms with van der Waals surface area (Å²) in [6.07, 6.45) is 13.5. The van der Waals surface area contributed by atoms with E-state index in [4.69, 9.17) is 4.74 Å². The Morgan fingerprint density at radius 3 is 2.81 bits per heavy atom. The van der Waals surface area contributed by atoms with Gasteiger partial charge in [-0.05, 0) is 98.9 Å². The first-order valence-corrected chi connectivity index (χ1v) is 11.5. The summed E-state index contributed by atoms with van der Waals surface area (Å²) in [5, 5.41) is 0. The first-order chi connectivity index (χ1) is 12.6. The molecule has 4 saturated carbocycles. The van der Waals surface area contributed by atoms with Crippen molar-refractivity contribution in [3.05, 3.63) is 11.6 Å². The standard InChI is InChI=1S/C24H34O2/c1-3-23-9-7-17-16-6-5-15(25)12-18(16)14(2)11-19(17)22(23)20-13-21(20)24(23)8-4-10-26-24/h12,14,16-17,19-22H,3-11,13H2,1-2H3/t14-,16?,17?,19?,20+,21-,22?,23-,24?/m0/s1. The normalized spacial score (nSPS) is 57.2. The number of hydrogen-bond donors (Lipinski definition) is 0. The van der Waals surface area contributed by atoms with Crippen molar-refractivity contribution in [3.8, 4) is 0 Å². The fourth-order valence-corrected chi connectivity index (χ4v) is 9.44.